The van der Waals surface area contributed by atoms with E-state index in [2.05, 4.69) is 18.7 Å². The molecule has 0 spiro atoms. The lowest BCUT2D eigenvalue weighted by Gasteiger charge is -2.33. The normalized spacial score (nSPS) is 25.2. The molecule has 0 aromatic rings. The summed E-state index contributed by atoms with van der Waals surface area (Å²) in [6.45, 7) is 6.97. The number of rotatable bonds is 3. The van der Waals surface area contributed by atoms with Crippen LogP contribution in [-0.2, 0) is 0 Å². The van der Waals surface area contributed by atoms with Crippen LogP contribution in [0.15, 0.2) is 0 Å². The first-order valence-electron chi connectivity index (χ1n) is 5.20. The van der Waals surface area contributed by atoms with Crippen molar-refractivity contribution in [3.05, 3.63) is 0 Å². The fraction of sp³-hybridized carbons (Fsp3) is 1.00. The van der Waals surface area contributed by atoms with Crippen molar-refractivity contribution in [2.45, 2.75) is 51.6 Å². The molecule has 1 fully saturated rings. The fourth-order valence-corrected chi connectivity index (χ4v) is 2.05. The molecule has 2 N–H and O–H groups in total. The van der Waals surface area contributed by atoms with E-state index in [0.717, 1.165) is 6.42 Å². The Morgan fingerprint density at radius 3 is 2.25 bits per heavy atom. The molecule has 12 heavy (non-hydrogen) atoms. The van der Waals surface area contributed by atoms with Crippen LogP contribution in [0.5, 0.6) is 0 Å². The highest BCUT2D eigenvalue weighted by Crippen LogP contribution is 2.14. The molecule has 72 valence electrons. The standard InChI is InChI=1S/C10H22N2/c1-9(11)8-10(2)12-6-4-3-5-7-12/h9-10H,3-8,11H2,1-2H3. The Labute approximate surface area is 76.1 Å². The first-order valence-corrected chi connectivity index (χ1v) is 5.20. The van der Waals surface area contributed by atoms with E-state index < -0.39 is 0 Å². The lowest BCUT2D eigenvalue weighted by atomic mass is 10.0. The number of hydrogen-bond donors (Lipinski definition) is 1. The highest BCUT2D eigenvalue weighted by Gasteiger charge is 2.16. The van der Waals surface area contributed by atoms with Gasteiger partial charge in [-0.3, -0.25) is 0 Å². The van der Waals surface area contributed by atoms with Crippen molar-refractivity contribution in [1.82, 2.24) is 4.90 Å². The molecular weight excluding hydrogens is 148 g/mol. The van der Waals surface area contributed by atoms with Gasteiger partial charge in [0.2, 0.25) is 0 Å². The molecule has 0 aromatic heterocycles. The maximum Gasteiger partial charge on any atom is 0.00815 e. The first kappa shape index (κ1) is 10.0. The van der Waals surface area contributed by atoms with Gasteiger partial charge in [-0.25, -0.2) is 0 Å². The Balaban J connectivity index is 2.24. The third kappa shape index (κ3) is 3.11. The van der Waals surface area contributed by atoms with Crippen LogP contribution in [0.4, 0.5) is 0 Å². The highest BCUT2D eigenvalue weighted by molar-refractivity contribution is 4.73. The summed E-state index contributed by atoms with van der Waals surface area (Å²) in [7, 11) is 0. The predicted octanol–water partition coefficient (Wildman–Crippen LogP) is 1.60. The zero-order chi connectivity index (χ0) is 8.97. The summed E-state index contributed by atoms with van der Waals surface area (Å²) in [5.41, 5.74) is 5.77. The Hall–Kier alpha value is -0.0800. The molecule has 1 aliphatic heterocycles. The van der Waals surface area contributed by atoms with E-state index in [9.17, 15) is 0 Å². The monoisotopic (exact) mass is 170 g/mol. The molecule has 2 heteroatoms. The van der Waals surface area contributed by atoms with Gasteiger partial charge in [0.05, 0.1) is 0 Å². The summed E-state index contributed by atoms with van der Waals surface area (Å²) >= 11 is 0. The molecule has 2 atom stereocenters. The maximum absolute atomic E-state index is 5.77. The van der Waals surface area contributed by atoms with Crippen LogP contribution in [0, 0.1) is 0 Å². The molecule has 1 rings (SSSR count). The summed E-state index contributed by atoms with van der Waals surface area (Å²) in [4.78, 5) is 2.58. The van der Waals surface area contributed by atoms with Crippen LogP contribution in [0.2, 0.25) is 0 Å². The second-order valence-electron chi connectivity index (χ2n) is 4.16. The average molecular weight is 170 g/mol. The molecular formula is C10H22N2. The van der Waals surface area contributed by atoms with Gasteiger partial charge >= 0.3 is 0 Å². The maximum atomic E-state index is 5.77. The minimum Gasteiger partial charge on any atom is -0.328 e. The molecule has 0 bridgehead atoms. The van der Waals surface area contributed by atoms with Crippen LogP contribution in [0.3, 0.4) is 0 Å². The average Bonchev–Trinajstić information content (AvgIpc) is 2.05. The Morgan fingerprint density at radius 1 is 1.17 bits per heavy atom. The van der Waals surface area contributed by atoms with E-state index in [0.29, 0.717) is 12.1 Å². The molecule has 0 aliphatic carbocycles. The summed E-state index contributed by atoms with van der Waals surface area (Å²) in [5, 5.41) is 0. The predicted molar refractivity (Wildman–Crippen MR) is 53.2 cm³/mol. The second kappa shape index (κ2) is 4.83. The molecule has 1 saturated heterocycles. The molecule has 1 heterocycles. The minimum atomic E-state index is 0.349. The highest BCUT2D eigenvalue weighted by atomic mass is 15.2. The van der Waals surface area contributed by atoms with Crippen LogP contribution in [-0.4, -0.2) is 30.1 Å². The van der Waals surface area contributed by atoms with E-state index >= 15 is 0 Å². The van der Waals surface area contributed by atoms with E-state index in [1.807, 2.05) is 0 Å². The van der Waals surface area contributed by atoms with E-state index in [4.69, 9.17) is 5.73 Å². The molecule has 2 unspecified atom stereocenters. The first-order chi connectivity index (χ1) is 5.70. The van der Waals surface area contributed by atoms with Crippen LogP contribution < -0.4 is 5.73 Å². The third-order valence-electron chi connectivity index (χ3n) is 2.73. The van der Waals surface area contributed by atoms with Crippen molar-refractivity contribution in [1.29, 1.82) is 0 Å². The van der Waals surface area contributed by atoms with Crippen molar-refractivity contribution in [2.75, 3.05) is 13.1 Å². The molecule has 0 aromatic carbocycles. The van der Waals surface area contributed by atoms with Gasteiger partial charge in [-0.1, -0.05) is 6.42 Å². The molecule has 0 amide bonds. The van der Waals surface area contributed by atoms with E-state index in [1.165, 1.54) is 32.4 Å². The number of nitrogens with two attached hydrogens (primary N) is 1. The van der Waals surface area contributed by atoms with Crippen molar-refractivity contribution < 1.29 is 0 Å². The van der Waals surface area contributed by atoms with Gasteiger partial charge in [-0.15, -0.1) is 0 Å². The lowest BCUT2D eigenvalue weighted by Crippen LogP contribution is -2.40. The summed E-state index contributed by atoms with van der Waals surface area (Å²) in [5.74, 6) is 0. The fourth-order valence-electron chi connectivity index (χ4n) is 2.05. The molecule has 2 nitrogen and oxygen atoms in total. The lowest BCUT2D eigenvalue weighted by molar-refractivity contribution is 0.162. The van der Waals surface area contributed by atoms with E-state index in [-0.39, 0.29) is 0 Å². The summed E-state index contributed by atoms with van der Waals surface area (Å²) in [6, 6.07) is 1.03. The molecule has 0 saturated carbocycles. The number of piperidine rings is 1. The number of nitrogens with zero attached hydrogens (tertiary/aromatic N) is 1. The van der Waals surface area contributed by atoms with Crippen molar-refractivity contribution in [3.8, 4) is 0 Å². The Kier molecular flexibility index (Phi) is 4.02. The smallest absolute Gasteiger partial charge is 0.00815 e. The van der Waals surface area contributed by atoms with Crippen molar-refractivity contribution in [2.24, 2.45) is 5.73 Å². The van der Waals surface area contributed by atoms with Crippen molar-refractivity contribution in [3.63, 3.8) is 0 Å². The topological polar surface area (TPSA) is 29.3 Å². The van der Waals surface area contributed by atoms with Gasteiger partial charge in [0.25, 0.3) is 0 Å². The minimum absolute atomic E-state index is 0.349. The van der Waals surface area contributed by atoms with Crippen molar-refractivity contribution >= 4 is 0 Å². The second-order valence-corrected chi connectivity index (χ2v) is 4.16. The summed E-state index contributed by atoms with van der Waals surface area (Å²) in [6.07, 6.45) is 5.31. The number of likely N-dealkylation sites (tertiary alicyclic amines) is 1. The quantitative estimate of drug-likeness (QED) is 0.697. The van der Waals surface area contributed by atoms with E-state index in [1.54, 1.807) is 0 Å². The molecule has 0 radical (unpaired) electrons. The largest absolute Gasteiger partial charge is 0.328 e. The van der Waals surface area contributed by atoms with Gasteiger partial charge in [0.1, 0.15) is 0 Å². The Morgan fingerprint density at radius 2 is 1.75 bits per heavy atom. The van der Waals surface area contributed by atoms with Gasteiger partial charge in [0.15, 0.2) is 0 Å². The zero-order valence-corrected chi connectivity index (χ0v) is 8.42. The molecule has 1 aliphatic rings. The van der Waals surface area contributed by atoms with Crippen LogP contribution in [0.1, 0.15) is 39.5 Å². The third-order valence-corrected chi connectivity index (χ3v) is 2.73. The SMILES string of the molecule is CC(N)CC(C)N1CCCCC1. The zero-order valence-electron chi connectivity index (χ0n) is 8.42. The number of hydrogen-bond acceptors (Lipinski definition) is 2. The van der Waals surface area contributed by atoms with Gasteiger partial charge in [0, 0.05) is 12.1 Å². The van der Waals surface area contributed by atoms with Gasteiger partial charge in [-0.2, -0.15) is 0 Å². The van der Waals surface area contributed by atoms with Crippen LogP contribution >= 0.6 is 0 Å². The van der Waals surface area contributed by atoms with Gasteiger partial charge < -0.3 is 10.6 Å². The Bertz CT molecular complexity index is 117. The van der Waals surface area contributed by atoms with Gasteiger partial charge in [-0.05, 0) is 46.2 Å². The van der Waals surface area contributed by atoms with Crippen LogP contribution in [0.25, 0.3) is 0 Å². The summed E-state index contributed by atoms with van der Waals surface area (Å²) < 4.78 is 0.